The van der Waals surface area contributed by atoms with Crippen molar-refractivity contribution in [1.82, 2.24) is 9.78 Å². The molecule has 0 aliphatic carbocycles. The third kappa shape index (κ3) is 2.82. The number of nitrogens with one attached hydrogen (secondary N) is 1. The molecule has 1 heterocycles. The van der Waals surface area contributed by atoms with Crippen molar-refractivity contribution in [3.05, 3.63) is 47.8 Å². The Hall–Kier alpha value is -1.98. The molecule has 0 atom stereocenters. The van der Waals surface area contributed by atoms with Gasteiger partial charge in [-0.3, -0.25) is 4.68 Å². The number of aromatic nitrogens is 2. The molecule has 0 saturated heterocycles. The zero-order valence-corrected chi connectivity index (χ0v) is 9.70. The van der Waals surface area contributed by atoms with Crippen LogP contribution in [-0.2, 0) is 12.7 Å². The molecule has 0 saturated carbocycles. The first-order valence-electron chi connectivity index (χ1n) is 5.35. The lowest BCUT2D eigenvalue weighted by Gasteiger charge is -2.08. The fourth-order valence-electron chi connectivity index (χ4n) is 1.61. The van der Waals surface area contributed by atoms with Crippen molar-refractivity contribution < 1.29 is 13.2 Å². The average Bonchev–Trinajstić information content (AvgIpc) is 2.76. The minimum atomic E-state index is -4.31. The number of hydrogen-bond acceptors (Lipinski definition) is 2. The minimum absolute atomic E-state index is 0.311. The van der Waals surface area contributed by atoms with Gasteiger partial charge in [0.05, 0.1) is 24.0 Å². The molecule has 1 aromatic heterocycles. The largest absolute Gasteiger partial charge is 0.416 e. The van der Waals surface area contributed by atoms with Crippen LogP contribution in [0.3, 0.4) is 0 Å². The fourth-order valence-corrected chi connectivity index (χ4v) is 1.61. The van der Waals surface area contributed by atoms with Gasteiger partial charge in [0, 0.05) is 13.2 Å². The summed E-state index contributed by atoms with van der Waals surface area (Å²) in [5.41, 5.74) is 0.749. The lowest BCUT2D eigenvalue weighted by atomic mass is 10.1. The van der Waals surface area contributed by atoms with E-state index in [9.17, 15) is 13.2 Å². The summed E-state index contributed by atoms with van der Waals surface area (Å²) in [7, 11) is 1.76. The van der Waals surface area contributed by atoms with E-state index in [1.807, 2.05) is 0 Å². The van der Waals surface area contributed by atoms with E-state index in [1.165, 1.54) is 6.07 Å². The van der Waals surface area contributed by atoms with E-state index in [0.29, 0.717) is 12.1 Å². The van der Waals surface area contributed by atoms with E-state index < -0.39 is 11.7 Å². The van der Waals surface area contributed by atoms with Gasteiger partial charge in [-0.05, 0) is 17.7 Å². The number of alkyl halides is 3. The molecule has 0 unspecified atom stereocenters. The predicted molar refractivity (Wildman–Crippen MR) is 62.3 cm³/mol. The Labute approximate surface area is 102 Å². The SMILES string of the molecule is CNc1cnn(Cc2cccc(C(F)(F)F)c2)c1. The summed E-state index contributed by atoms with van der Waals surface area (Å²) in [5.74, 6) is 0. The van der Waals surface area contributed by atoms with E-state index in [-0.39, 0.29) is 0 Å². The van der Waals surface area contributed by atoms with E-state index >= 15 is 0 Å². The predicted octanol–water partition coefficient (Wildman–Crippen LogP) is 2.99. The van der Waals surface area contributed by atoms with Gasteiger partial charge < -0.3 is 5.32 Å². The Kier molecular flexibility index (Phi) is 3.27. The quantitative estimate of drug-likeness (QED) is 0.913. The molecule has 3 nitrogen and oxygen atoms in total. The molecule has 0 radical (unpaired) electrons. The van der Waals surface area contributed by atoms with Crippen LogP contribution in [-0.4, -0.2) is 16.8 Å². The molecule has 0 aliphatic heterocycles. The molecule has 0 amide bonds. The Balaban J connectivity index is 2.19. The van der Waals surface area contributed by atoms with Crippen molar-refractivity contribution in [2.75, 3.05) is 12.4 Å². The second-order valence-corrected chi connectivity index (χ2v) is 3.87. The van der Waals surface area contributed by atoms with Gasteiger partial charge in [-0.15, -0.1) is 0 Å². The number of hydrogen-bond donors (Lipinski definition) is 1. The first-order valence-corrected chi connectivity index (χ1v) is 5.35. The van der Waals surface area contributed by atoms with Gasteiger partial charge >= 0.3 is 6.18 Å². The number of nitrogens with zero attached hydrogens (tertiary/aromatic N) is 2. The highest BCUT2D eigenvalue weighted by atomic mass is 19.4. The molecule has 0 fully saturated rings. The normalized spacial score (nSPS) is 11.6. The number of benzene rings is 1. The Bertz CT molecular complexity index is 531. The molecule has 0 aliphatic rings. The third-order valence-electron chi connectivity index (χ3n) is 2.52. The highest BCUT2D eigenvalue weighted by molar-refractivity contribution is 5.37. The second kappa shape index (κ2) is 4.72. The topological polar surface area (TPSA) is 29.9 Å². The van der Waals surface area contributed by atoms with Crippen LogP contribution >= 0.6 is 0 Å². The summed E-state index contributed by atoms with van der Waals surface area (Å²) in [6.07, 6.45) is -0.954. The van der Waals surface area contributed by atoms with Crippen LogP contribution in [0.25, 0.3) is 0 Å². The monoisotopic (exact) mass is 255 g/mol. The fraction of sp³-hybridized carbons (Fsp3) is 0.250. The Morgan fingerprint density at radius 3 is 2.72 bits per heavy atom. The molecule has 1 N–H and O–H groups in total. The van der Waals surface area contributed by atoms with Gasteiger partial charge in [0.2, 0.25) is 0 Å². The molecule has 0 bridgehead atoms. The van der Waals surface area contributed by atoms with Crippen molar-refractivity contribution in [2.24, 2.45) is 0 Å². The standard InChI is InChI=1S/C12H12F3N3/c1-16-11-6-17-18(8-11)7-9-3-2-4-10(5-9)12(13,14)15/h2-6,8,16H,7H2,1H3. The van der Waals surface area contributed by atoms with Gasteiger partial charge in [-0.25, -0.2) is 0 Å². The maximum atomic E-state index is 12.5. The summed E-state index contributed by atoms with van der Waals surface area (Å²) >= 11 is 0. The van der Waals surface area contributed by atoms with Crippen LogP contribution in [0.15, 0.2) is 36.7 Å². The number of anilines is 1. The molecule has 0 spiro atoms. The van der Waals surface area contributed by atoms with Crippen molar-refractivity contribution in [1.29, 1.82) is 0 Å². The summed E-state index contributed by atoms with van der Waals surface area (Å²) in [5, 5.41) is 6.95. The zero-order valence-electron chi connectivity index (χ0n) is 9.70. The highest BCUT2D eigenvalue weighted by Gasteiger charge is 2.30. The lowest BCUT2D eigenvalue weighted by Crippen LogP contribution is -2.07. The molecular weight excluding hydrogens is 243 g/mol. The van der Waals surface area contributed by atoms with Gasteiger partial charge in [0.25, 0.3) is 0 Å². The first kappa shape index (κ1) is 12.5. The number of rotatable bonds is 3. The average molecular weight is 255 g/mol. The third-order valence-corrected chi connectivity index (χ3v) is 2.52. The zero-order chi connectivity index (χ0) is 13.2. The van der Waals surface area contributed by atoms with E-state index in [4.69, 9.17) is 0 Å². The Morgan fingerprint density at radius 2 is 2.11 bits per heavy atom. The van der Waals surface area contributed by atoms with Crippen LogP contribution in [0.1, 0.15) is 11.1 Å². The van der Waals surface area contributed by atoms with E-state index in [0.717, 1.165) is 17.8 Å². The summed E-state index contributed by atoms with van der Waals surface area (Å²) in [6.45, 7) is 0.311. The molecular formula is C12H12F3N3. The van der Waals surface area contributed by atoms with Crippen molar-refractivity contribution >= 4 is 5.69 Å². The van der Waals surface area contributed by atoms with Crippen LogP contribution in [0.2, 0.25) is 0 Å². The van der Waals surface area contributed by atoms with Gasteiger partial charge in [0.1, 0.15) is 0 Å². The molecule has 2 rings (SSSR count). The highest BCUT2D eigenvalue weighted by Crippen LogP contribution is 2.29. The Morgan fingerprint density at radius 1 is 1.33 bits per heavy atom. The van der Waals surface area contributed by atoms with Gasteiger partial charge in [-0.1, -0.05) is 12.1 Å². The molecule has 2 aromatic rings. The molecule has 96 valence electrons. The molecule has 6 heteroatoms. The van der Waals surface area contributed by atoms with Gasteiger partial charge in [0.15, 0.2) is 0 Å². The van der Waals surface area contributed by atoms with Crippen LogP contribution in [0, 0.1) is 0 Å². The summed E-state index contributed by atoms with van der Waals surface area (Å²) in [6, 6.07) is 5.25. The van der Waals surface area contributed by atoms with E-state index in [1.54, 1.807) is 30.2 Å². The molecule has 1 aromatic carbocycles. The summed E-state index contributed by atoms with van der Waals surface area (Å²) in [4.78, 5) is 0. The maximum absolute atomic E-state index is 12.5. The van der Waals surface area contributed by atoms with Crippen molar-refractivity contribution in [3.63, 3.8) is 0 Å². The van der Waals surface area contributed by atoms with Crippen LogP contribution in [0.5, 0.6) is 0 Å². The minimum Gasteiger partial charge on any atom is -0.386 e. The second-order valence-electron chi connectivity index (χ2n) is 3.87. The maximum Gasteiger partial charge on any atom is 0.416 e. The lowest BCUT2D eigenvalue weighted by molar-refractivity contribution is -0.137. The number of halogens is 3. The van der Waals surface area contributed by atoms with Crippen LogP contribution < -0.4 is 5.32 Å². The smallest absolute Gasteiger partial charge is 0.386 e. The molecule has 18 heavy (non-hydrogen) atoms. The summed E-state index contributed by atoms with van der Waals surface area (Å²) < 4.78 is 39.2. The van der Waals surface area contributed by atoms with E-state index in [2.05, 4.69) is 10.4 Å². The first-order chi connectivity index (χ1) is 8.49. The van der Waals surface area contributed by atoms with Crippen molar-refractivity contribution in [3.8, 4) is 0 Å². The van der Waals surface area contributed by atoms with Crippen LogP contribution in [0.4, 0.5) is 18.9 Å². The van der Waals surface area contributed by atoms with Gasteiger partial charge in [-0.2, -0.15) is 18.3 Å². The van der Waals surface area contributed by atoms with Crippen molar-refractivity contribution in [2.45, 2.75) is 12.7 Å².